The van der Waals surface area contributed by atoms with E-state index in [1.165, 1.54) is 0 Å². The fourth-order valence-corrected chi connectivity index (χ4v) is 1.50. The predicted molar refractivity (Wildman–Crippen MR) is 60.0 cm³/mol. The van der Waals surface area contributed by atoms with E-state index in [0.29, 0.717) is 6.04 Å². The number of likely N-dealkylation sites (tertiary alicyclic amines) is 1. The number of nitrogens with two attached hydrogens (primary N) is 1. The van der Waals surface area contributed by atoms with Gasteiger partial charge in [-0.25, -0.2) is 0 Å². The van der Waals surface area contributed by atoms with Gasteiger partial charge in [0.1, 0.15) is 0 Å². The molecule has 13 heavy (non-hydrogen) atoms. The summed E-state index contributed by atoms with van der Waals surface area (Å²) >= 11 is 0. The Kier molecular flexibility index (Phi) is 8.38. The van der Waals surface area contributed by atoms with Crippen LogP contribution in [-0.2, 0) is 4.74 Å². The van der Waals surface area contributed by atoms with Gasteiger partial charge < -0.3 is 10.5 Å². The summed E-state index contributed by atoms with van der Waals surface area (Å²) in [7, 11) is 1.73. The van der Waals surface area contributed by atoms with Crippen molar-refractivity contribution in [3.05, 3.63) is 0 Å². The van der Waals surface area contributed by atoms with Crippen LogP contribution in [0.4, 0.5) is 0 Å². The smallest absolute Gasteiger partial charge is 0.0861 e. The van der Waals surface area contributed by atoms with Gasteiger partial charge in [-0.2, -0.15) is 0 Å². The molecule has 2 atom stereocenters. The van der Waals surface area contributed by atoms with E-state index in [1.54, 1.807) is 7.11 Å². The van der Waals surface area contributed by atoms with Crippen molar-refractivity contribution in [3.8, 4) is 0 Å². The topological polar surface area (TPSA) is 38.5 Å². The Morgan fingerprint density at radius 2 is 1.85 bits per heavy atom. The van der Waals surface area contributed by atoms with Crippen molar-refractivity contribution in [2.75, 3.05) is 20.2 Å². The summed E-state index contributed by atoms with van der Waals surface area (Å²) in [5, 5.41) is 0. The molecular formula is C8H20Cl2N2O. The third-order valence-corrected chi connectivity index (χ3v) is 2.37. The lowest BCUT2D eigenvalue weighted by Gasteiger charge is -2.19. The largest absolute Gasteiger partial charge is 0.378 e. The van der Waals surface area contributed by atoms with Crippen LogP contribution in [0.5, 0.6) is 0 Å². The average molecular weight is 231 g/mol. The second kappa shape index (κ2) is 6.85. The highest BCUT2D eigenvalue weighted by Gasteiger charge is 2.30. The molecule has 0 spiro atoms. The van der Waals surface area contributed by atoms with E-state index in [-0.39, 0.29) is 37.0 Å². The summed E-state index contributed by atoms with van der Waals surface area (Å²) in [5.41, 5.74) is 5.85. The van der Waals surface area contributed by atoms with E-state index in [0.717, 1.165) is 13.1 Å². The maximum absolute atomic E-state index is 5.85. The van der Waals surface area contributed by atoms with Crippen LogP contribution in [0, 0.1) is 0 Å². The van der Waals surface area contributed by atoms with Crippen LogP contribution in [0.1, 0.15) is 13.8 Å². The summed E-state index contributed by atoms with van der Waals surface area (Å²) in [6.07, 6.45) is 0.234. The first-order valence-corrected chi connectivity index (χ1v) is 4.17. The fourth-order valence-electron chi connectivity index (χ4n) is 1.50. The Balaban J connectivity index is 0. The minimum Gasteiger partial charge on any atom is -0.378 e. The van der Waals surface area contributed by atoms with Crippen LogP contribution in [-0.4, -0.2) is 43.3 Å². The number of rotatable bonds is 2. The van der Waals surface area contributed by atoms with Crippen molar-refractivity contribution in [1.29, 1.82) is 0 Å². The first-order valence-electron chi connectivity index (χ1n) is 4.17. The molecule has 0 aromatic carbocycles. The van der Waals surface area contributed by atoms with Crippen molar-refractivity contribution < 1.29 is 4.74 Å². The SMILES string of the molecule is COC1CN(C(C)C)CC1N.Cl.Cl. The predicted octanol–water partition coefficient (Wildman–Crippen LogP) is 0.896. The van der Waals surface area contributed by atoms with Crippen molar-refractivity contribution in [2.45, 2.75) is 32.0 Å². The Morgan fingerprint density at radius 3 is 2.08 bits per heavy atom. The van der Waals surface area contributed by atoms with E-state index in [1.807, 2.05) is 0 Å². The van der Waals surface area contributed by atoms with Crippen molar-refractivity contribution in [2.24, 2.45) is 5.73 Å². The summed E-state index contributed by atoms with van der Waals surface area (Å²) in [4.78, 5) is 2.35. The summed E-state index contributed by atoms with van der Waals surface area (Å²) < 4.78 is 5.24. The quantitative estimate of drug-likeness (QED) is 0.767. The van der Waals surface area contributed by atoms with Gasteiger partial charge in [0.2, 0.25) is 0 Å². The Labute approximate surface area is 92.8 Å². The molecule has 1 rings (SSSR count). The van der Waals surface area contributed by atoms with Crippen LogP contribution >= 0.6 is 24.8 Å². The molecule has 1 saturated heterocycles. The molecule has 0 radical (unpaired) electrons. The fraction of sp³-hybridized carbons (Fsp3) is 1.00. The van der Waals surface area contributed by atoms with Crippen molar-refractivity contribution in [1.82, 2.24) is 4.90 Å². The molecule has 1 aliphatic heterocycles. The van der Waals surface area contributed by atoms with E-state index in [2.05, 4.69) is 18.7 Å². The molecule has 2 unspecified atom stereocenters. The Hall–Kier alpha value is 0.460. The first-order chi connectivity index (χ1) is 5.15. The second-order valence-electron chi connectivity index (χ2n) is 3.49. The molecule has 1 heterocycles. The van der Waals surface area contributed by atoms with E-state index in [4.69, 9.17) is 10.5 Å². The zero-order valence-corrected chi connectivity index (χ0v) is 10.0. The molecule has 2 N–H and O–H groups in total. The molecule has 3 nitrogen and oxygen atoms in total. The van der Waals surface area contributed by atoms with Gasteiger partial charge in [-0.15, -0.1) is 24.8 Å². The summed E-state index contributed by atoms with van der Waals surface area (Å²) in [6.45, 7) is 6.32. The van der Waals surface area contributed by atoms with Gasteiger partial charge >= 0.3 is 0 Å². The minimum absolute atomic E-state index is 0. The summed E-state index contributed by atoms with van der Waals surface area (Å²) in [5.74, 6) is 0. The molecule has 0 bridgehead atoms. The molecule has 5 heteroatoms. The molecular weight excluding hydrogens is 211 g/mol. The number of hydrogen-bond acceptors (Lipinski definition) is 3. The van der Waals surface area contributed by atoms with Crippen LogP contribution in [0.3, 0.4) is 0 Å². The Morgan fingerprint density at radius 1 is 1.31 bits per heavy atom. The van der Waals surface area contributed by atoms with Crippen LogP contribution in [0.2, 0.25) is 0 Å². The highest BCUT2D eigenvalue weighted by atomic mass is 35.5. The van der Waals surface area contributed by atoms with Crippen molar-refractivity contribution in [3.63, 3.8) is 0 Å². The average Bonchev–Trinajstić information content (AvgIpc) is 2.31. The Bertz CT molecular complexity index is 135. The lowest BCUT2D eigenvalue weighted by molar-refractivity contribution is 0.0951. The normalized spacial score (nSPS) is 28.4. The number of methoxy groups -OCH3 is 1. The molecule has 0 aromatic rings. The maximum atomic E-state index is 5.85. The van der Waals surface area contributed by atoms with Crippen LogP contribution in [0.15, 0.2) is 0 Å². The number of nitrogens with zero attached hydrogens (tertiary/aromatic N) is 1. The molecule has 0 saturated carbocycles. The number of ether oxygens (including phenoxy) is 1. The van der Waals surface area contributed by atoms with Crippen molar-refractivity contribution >= 4 is 24.8 Å². The molecule has 1 fully saturated rings. The zero-order chi connectivity index (χ0) is 8.43. The number of halogens is 2. The van der Waals surface area contributed by atoms with Gasteiger partial charge in [-0.1, -0.05) is 0 Å². The third kappa shape index (κ3) is 4.00. The monoisotopic (exact) mass is 230 g/mol. The zero-order valence-electron chi connectivity index (χ0n) is 8.40. The summed E-state index contributed by atoms with van der Waals surface area (Å²) in [6, 6.07) is 0.781. The van der Waals surface area contributed by atoms with Gasteiger partial charge in [-0.3, -0.25) is 4.90 Å². The van der Waals surface area contributed by atoms with Crippen LogP contribution in [0.25, 0.3) is 0 Å². The molecule has 82 valence electrons. The van der Waals surface area contributed by atoms with E-state index in [9.17, 15) is 0 Å². The van der Waals surface area contributed by atoms with Gasteiger partial charge in [-0.05, 0) is 13.8 Å². The van der Waals surface area contributed by atoms with E-state index < -0.39 is 0 Å². The van der Waals surface area contributed by atoms with Gasteiger partial charge in [0.25, 0.3) is 0 Å². The minimum atomic E-state index is 0. The lowest BCUT2D eigenvalue weighted by atomic mass is 10.2. The maximum Gasteiger partial charge on any atom is 0.0861 e. The number of hydrogen-bond donors (Lipinski definition) is 1. The second-order valence-corrected chi connectivity index (χ2v) is 3.49. The molecule has 0 aliphatic carbocycles. The highest BCUT2D eigenvalue weighted by molar-refractivity contribution is 5.85. The van der Waals surface area contributed by atoms with E-state index >= 15 is 0 Å². The van der Waals surface area contributed by atoms with Gasteiger partial charge in [0.05, 0.1) is 6.10 Å². The first kappa shape index (κ1) is 15.9. The third-order valence-electron chi connectivity index (χ3n) is 2.37. The van der Waals surface area contributed by atoms with Gasteiger partial charge in [0.15, 0.2) is 0 Å². The molecule has 0 aromatic heterocycles. The lowest BCUT2D eigenvalue weighted by Crippen LogP contribution is -2.34. The highest BCUT2D eigenvalue weighted by Crippen LogP contribution is 2.13. The molecule has 1 aliphatic rings. The van der Waals surface area contributed by atoms with Gasteiger partial charge in [0, 0.05) is 32.3 Å². The van der Waals surface area contributed by atoms with Crippen LogP contribution < -0.4 is 5.73 Å². The molecule has 0 amide bonds. The standard InChI is InChI=1S/C8H18N2O.2ClH/c1-6(2)10-4-7(9)8(5-10)11-3;;/h6-8H,4-5,9H2,1-3H3;2*1H.